The molecule has 2 aliphatic carbocycles. The van der Waals surface area contributed by atoms with Gasteiger partial charge in [-0.2, -0.15) is 0 Å². The van der Waals surface area contributed by atoms with E-state index in [0.717, 1.165) is 17.6 Å². The lowest BCUT2D eigenvalue weighted by molar-refractivity contribution is -0.127. The number of carbonyl (C=O) groups excluding carboxylic acids is 4. The van der Waals surface area contributed by atoms with Gasteiger partial charge in [-0.1, -0.05) is 90.8 Å². The zero-order chi connectivity index (χ0) is 34.9. The molecule has 8 nitrogen and oxygen atoms in total. The van der Waals surface area contributed by atoms with Crippen LogP contribution in [0.5, 0.6) is 11.5 Å². The Labute approximate surface area is 294 Å². The Hall–Kier alpha value is -5.21. The van der Waals surface area contributed by atoms with E-state index < -0.39 is 46.8 Å². The topological polar surface area (TPSA) is 104 Å². The fourth-order valence-electron chi connectivity index (χ4n) is 9.16. The van der Waals surface area contributed by atoms with Crippen molar-refractivity contribution in [3.05, 3.63) is 130 Å². The maximum Gasteiger partial charge on any atom is 0.246 e. The van der Waals surface area contributed by atoms with Crippen molar-refractivity contribution in [1.29, 1.82) is 0 Å². The molecule has 4 aliphatic rings. The molecule has 0 unspecified atom stereocenters. The van der Waals surface area contributed by atoms with Gasteiger partial charge in [-0.3, -0.25) is 24.1 Å². The van der Waals surface area contributed by atoms with E-state index in [1.165, 1.54) is 16.9 Å². The van der Waals surface area contributed by atoms with Gasteiger partial charge >= 0.3 is 0 Å². The molecule has 4 amide bonds. The predicted octanol–water partition coefficient (Wildman–Crippen LogP) is 6.98. The highest BCUT2D eigenvalue weighted by Crippen LogP contribution is 2.65. The Bertz CT molecular complexity index is 2100. The van der Waals surface area contributed by atoms with Crippen molar-refractivity contribution in [2.45, 2.75) is 37.5 Å². The molecule has 3 fully saturated rings. The summed E-state index contributed by atoms with van der Waals surface area (Å²) in [6, 6.07) is 28.5. The number of hydrogen-bond donors (Lipinski definition) is 1. The first kappa shape index (κ1) is 32.0. The maximum absolute atomic E-state index is 15.3. The van der Waals surface area contributed by atoms with Crippen LogP contribution in [-0.2, 0) is 31.0 Å². The van der Waals surface area contributed by atoms with Crippen LogP contribution < -0.4 is 14.5 Å². The number of allylic oxidation sites excluding steroid dienone is 2. The zero-order valence-corrected chi connectivity index (χ0v) is 28.3. The van der Waals surface area contributed by atoms with Gasteiger partial charge < -0.3 is 9.84 Å². The van der Waals surface area contributed by atoms with Crippen molar-refractivity contribution >= 4 is 46.6 Å². The number of aromatic hydroxyl groups is 1. The Morgan fingerprint density at radius 1 is 0.820 bits per heavy atom. The number of carbonyl (C=O) groups is 4. The van der Waals surface area contributed by atoms with Crippen molar-refractivity contribution in [2.24, 2.45) is 23.7 Å². The summed E-state index contributed by atoms with van der Waals surface area (Å²) in [6.07, 6.45) is 3.24. The molecule has 0 spiro atoms. The largest absolute Gasteiger partial charge is 0.504 e. The number of para-hydroxylation sites is 1. The molecule has 2 saturated heterocycles. The molecule has 8 rings (SSSR count). The third kappa shape index (κ3) is 4.44. The van der Waals surface area contributed by atoms with Gasteiger partial charge in [0.2, 0.25) is 23.6 Å². The molecule has 6 atom stereocenters. The number of phenolic OH excluding ortho intramolecular Hbond substituents is 1. The highest BCUT2D eigenvalue weighted by molar-refractivity contribution is 6.32. The first-order chi connectivity index (χ1) is 24.2. The Balaban J connectivity index is 1.35. The molecule has 2 heterocycles. The van der Waals surface area contributed by atoms with E-state index in [-0.39, 0.29) is 36.2 Å². The minimum atomic E-state index is -1.50. The third-order valence-electron chi connectivity index (χ3n) is 11.3. The van der Waals surface area contributed by atoms with Crippen LogP contribution in [0.4, 0.5) is 11.4 Å². The second-order valence-electron chi connectivity index (χ2n) is 13.5. The highest BCUT2D eigenvalue weighted by atomic mass is 35.5. The molecule has 4 aromatic carbocycles. The van der Waals surface area contributed by atoms with Gasteiger partial charge in [0.15, 0.2) is 11.5 Å². The SMILES string of the molecule is CCc1ccc(N2C(=O)[C@H]3[C@H](CC=C4[C@H]3C[C@H]3C(=O)N(c5cccc(Cl)c5)C(=O)[C@@]3(c3ccccc3)[C@H]4c3cccc(OC)c3O)C2=O)cc1. The van der Waals surface area contributed by atoms with Crippen molar-refractivity contribution in [3.8, 4) is 11.5 Å². The summed E-state index contributed by atoms with van der Waals surface area (Å²) in [4.78, 5) is 61.3. The van der Waals surface area contributed by atoms with Gasteiger partial charge in [0, 0.05) is 16.5 Å². The lowest BCUT2D eigenvalue weighted by atomic mass is 9.49. The smallest absolute Gasteiger partial charge is 0.246 e. The molecular weight excluding hydrogens is 652 g/mol. The van der Waals surface area contributed by atoms with Gasteiger partial charge in [-0.05, 0) is 72.7 Å². The van der Waals surface area contributed by atoms with Gasteiger partial charge in [0.25, 0.3) is 0 Å². The average Bonchev–Trinajstić information content (AvgIpc) is 3.53. The number of methoxy groups -OCH3 is 1. The molecule has 252 valence electrons. The van der Waals surface area contributed by atoms with E-state index in [1.54, 1.807) is 54.6 Å². The van der Waals surface area contributed by atoms with E-state index in [0.29, 0.717) is 27.5 Å². The molecular formula is C41H35ClN2O6. The molecule has 0 radical (unpaired) electrons. The second kappa shape index (κ2) is 12.0. The van der Waals surface area contributed by atoms with Crippen molar-refractivity contribution in [1.82, 2.24) is 0 Å². The van der Waals surface area contributed by atoms with E-state index in [2.05, 4.69) is 0 Å². The minimum absolute atomic E-state index is 0.148. The Morgan fingerprint density at radius 3 is 2.26 bits per heavy atom. The van der Waals surface area contributed by atoms with Crippen LogP contribution in [-0.4, -0.2) is 35.8 Å². The average molecular weight is 687 g/mol. The summed E-state index contributed by atoms with van der Waals surface area (Å²) < 4.78 is 5.54. The lowest BCUT2D eigenvalue weighted by Crippen LogP contribution is -2.53. The zero-order valence-electron chi connectivity index (χ0n) is 27.6. The van der Waals surface area contributed by atoms with Crippen LogP contribution >= 0.6 is 11.6 Å². The Morgan fingerprint density at radius 2 is 1.56 bits per heavy atom. The number of halogens is 1. The first-order valence-corrected chi connectivity index (χ1v) is 17.3. The van der Waals surface area contributed by atoms with Crippen molar-refractivity contribution < 1.29 is 29.0 Å². The number of amides is 4. The van der Waals surface area contributed by atoms with E-state index in [4.69, 9.17) is 16.3 Å². The number of ether oxygens (including phenoxy) is 1. The maximum atomic E-state index is 15.3. The molecule has 0 bridgehead atoms. The number of hydrogen-bond acceptors (Lipinski definition) is 6. The summed E-state index contributed by atoms with van der Waals surface area (Å²) >= 11 is 6.39. The molecule has 0 aromatic heterocycles. The van der Waals surface area contributed by atoms with Gasteiger partial charge in [-0.15, -0.1) is 0 Å². The quantitative estimate of drug-likeness (QED) is 0.173. The summed E-state index contributed by atoms with van der Waals surface area (Å²) in [6.45, 7) is 2.04. The van der Waals surface area contributed by atoms with Crippen LogP contribution in [0, 0.1) is 23.7 Å². The monoisotopic (exact) mass is 686 g/mol. The van der Waals surface area contributed by atoms with Crippen LogP contribution in [0.1, 0.15) is 42.4 Å². The van der Waals surface area contributed by atoms with Crippen LogP contribution in [0.15, 0.2) is 109 Å². The van der Waals surface area contributed by atoms with Crippen LogP contribution in [0.3, 0.4) is 0 Å². The van der Waals surface area contributed by atoms with Gasteiger partial charge in [0.1, 0.15) is 0 Å². The molecule has 1 saturated carbocycles. The molecule has 1 N–H and O–H groups in total. The van der Waals surface area contributed by atoms with Crippen LogP contribution in [0.25, 0.3) is 0 Å². The summed E-state index contributed by atoms with van der Waals surface area (Å²) in [7, 11) is 1.46. The van der Waals surface area contributed by atoms with Crippen molar-refractivity contribution in [2.75, 3.05) is 16.9 Å². The molecule has 50 heavy (non-hydrogen) atoms. The first-order valence-electron chi connectivity index (χ1n) is 16.9. The Kier molecular flexibility index (Phi) is 7.68. The third-order valence-corrected chi connectivity index (χ3v) is 11.6. The number of fused-ring (bicyclic) bond motifs is 4. The van der Waals surface area contributed by atoms with Gasteiger partial charge in [-0.25, -0.2) is 4.90 Å². The lowest BCUT2D eigenvalue weighted by Gasteiger charge is -2.50. The number of rotatable bonds is 6. The molecule has 2 aliphatic heterocycles. The van der Waals surface area contributed by atoms with E-state index in [9.17, 15) is 19.5 Å². The van der Waals surface area contributed by atoms with Crippen LogP contribution in [0.2, 0.25) is 5.02 Å². The summed E-state index contributed by atoms with van der Waals surface area (Å²) in [5.74, 6) is -5.11. The predicted molar refractivity (Wildman–Crippen MR) is 189 cm³/mol. The summed E-state index contributed by atoms with van der Waals surface area (Å²) in [5.41, 5.74) is 2.24. The number of aryl methyl sites for hydroxylation is 1. The second-order valence-corrected chi connectivity index (χ2v) is 14.0. The minimum Gasteiger partial charge on any atom is -0.504 e. The van der Waals surface area contributed by atoms with E-state index in [1.807, 2.05) is 55.5 Å². The fraction of sp³-hybridized carbons (Fsp3) is 0.268. The van der Waals surface area contributed by atoms with E-state index >= 15 is 4.79 Å². The van der Waals surface area contributed by atoms with Gasteiger partial charge in [0.05, 0.1) is 41.7 Å². The fourth-order valence-corrected chi connectivity index (χ4v) is 9.34. The normalized spacial score (nSPS) is 27.2. The standard InChI is InChI=1S/C41H35ClN2O6/c1-3-23-15-17-26(18-16-23)43-37(46)29-20-19-28-31(34(29)39(43)48)22-32-38(47)44(27-12-7-11-25(42)21-27)40(49)41(32,24-9-5-4-6-10-24)35(28)30-13-8-14-33(50-2)36(30)45/h4-19,21,29,31-32,34-35,45H,3,20,22H2,1-2H3/t29-,31+,32-,34-,35+,41+/m0/s1. The number of benzene rings is 4. The number of phenols is 1. The molecule has 9 heteroatoms. The highest BCUT2D eigenvalue weighted by Gasteiger charge is 2.70. The number of nitrogens with zero attached hydrogens (tertiary/aromatic N) is 2. The molecule has 4 aromatic rings. The number of imide groups is 2. The number of anilines is 2. The summed E-state index contributed by atoms with van der Waals surface area (Å²) in [5, 5.41) is 12.2. The van der Waals surface area contributed by atoms with Crippen molar-refractivity contribution in [3.63, 3.8) is 0 Å².